The van der Waals surface area contributed by atoms with Crippen molar-refractivity contribution in [2.45, 2.75) is 62.5 Å². The van der Waals surface area contributed by atoms with Crippen molar-refractivity contribution in [2.24, 2.45) is 0 Å². The molecule has 0 spiro atoms. The molecule has 10 atom stereocenters. The summed E-state index contributed by atoms with van der Waals surface area (Å²) in [7, 11) is -10.9. The van der Waals surface area contributed by atoms with Crippen molar-refractivity contribution >= 4 is 15.6 Å². The molecule has 0 amide bonds. The van der Waals surface area contributed by atoms with E-state index in [1.807, 2.05) is 0 Å². The first-order valence-electron chi connectivity index (χ1n) is 10.3. The molecule has 2 aliphatic heterocycles. The maximum atomic E-state index is 12.2. The minimum Gasteiger partial charge on any atom is -0.394 e. The highest BCUT2D eigenvalue weighted by molar-refractivity contribution is 7.61. The average molecular weight is 564 g/mol. The molecule has 3 rings (SSSR count). The van der Waals surface area contributed by atoms with E-state index in [1.165, 1.54) is 13.1 Å². The quantitative estimate of drug-likeness (QED) is 0.135. The molecule has 0 saturated carbocycles. The van der Waals surface area contributed by atoms with Crippen LogP contribution in [-0.2, 0) is 32.0 Å². The number of nitrogens with zero attached hydrogens (tertiary/aromatic N) is 1. The predicted molar refractivity (Wildman–Crippen MR) is 112 cm³/mol. The molecule has 206 valence electrons. The van der Waals surface area contributed by atoms with Crippen molar-refractivity contribution in [1.82, 2.24) is 9.55 Å². The smallest absolute Gasteiger partial charge is 0.394 e. The lowest BCUT2D eigenvalue weighted by atomic mass is 10.00. The average Bonchev–Trinajstić information content (AvgIpc) is 3.14. The normalized spacial score (nSPS) is 36.3. The van der Waals surface area contributed by atoms with Gasteiger partial charge in [-0.3, -0.25) is 23.4 Å². The van der Waals surface area contributed by atoms with E-state index in [-0.39, 0.29) is 12.0 Å². The van der Waals surface area contributed by atoms with Crippen LogP contribution in [-0.4, -0.2) is 101 Å². The van der Waals surface area contributed by atoms with E-state index in [1.54, 1.807) is 0 Å². The molecule has 0 radical (unpaired) electrons. The van der Waals surface area contributed by atoms with Crippen LogP contribution in [0.1, 0.15) is 18.2 Å². The molecular weight excluding hydrogens is 538 g/mol. The van der Waals surface area contributed by atoms with Crippen LogP contribution >= 0.6 is 15.6 Å². The number of phosphoric ester groups is 2. The Hall–Kier alpha value is -1.34. The fraction of sp³-hybridized carbons (Fsp3) is 0.750. The number of aliphatic hydroxyl groups excluding tert-OH is 5. The van der Waals surface area contributed by atoms with E-state index < -0.39 is 89.2 Å². The molecule has 2 aliphatic rings. The minimum absolute atomic E-state index is 0.172. The van der Waals surface area contributed by atoms with Crippen molar-refractivity contribution in [3.05, 3.63) is 32.6 Å². The monoisotopic (exact) mass is 564 g/mol. The third kappa shape index (κ3) is 6.75. The zero-order chi connectivity index (χ0) is 27.0. The molecule has 2 saturated heterocycles. The highest BCUT2D eigenvalue weighted by Crippen LogP contribution is 2.61. The molecule has 1 aromatic heterocycles. The lowest BCUT2D eigenvalue weighted by Crippen LogP contribution is -2.58. The van der Waals surface area contributed by atoms with E-state index in [4.69, 9.17) is 14.6 Å². The molecule has 0 aliphatic carbocycles. The number of nitrogens with one attached hydrogen (secondary N) is 1. The fourth-order valence-electron chi connectivity index (χ4n) is 3.46. The van der Waals surface area contributed by atoms with Crippen LogP contribution in [0, 0.1) is 6.92 Å². The number of hydrogen-bond acceptors (Lipinski definition) is 14. The first kappa shape index (κ1) is 29.2. The Balaban J connectivity index is 1.59. The summed E-state index contributed by atoms with van der Waals surface area (Å²) in [5, 5.41) is 48.5. The van der Waals surface area contributed by atoms with Gasteiger partial charge in [-0.25, -0.2) is 13.9 Å². The van der Waals surface area contributed by atoms with Crippen LogP contribution in [0.2, 0.25) is 0 Å². The maximum absolute atomic E-state index is 12.2. The summed E-state index contributed by atoms with van der Waals surface area (Å²) in [4.78, 5) is 45.2. The van der Waals surface area contributed by atoms with Gasteiger partial charge in [0.25, 0.3) is 5.56 Å². The van der Waals surface area contributed by atoms with E-state index in [2.05, 4.69) is 18.3 Å². The molecule has 2 fully saturated rings. The van der Waals surface area contributed by atoms with E-state index in [0.717, 1.165) is 4.57 Å². The van der Waals surface area contributed by atoms with E-state index >= 15 is 0 Å². The van der Waals surface area contributed by atoms with Gasteiger partial charge in [-0.2, -0.15) is 4.31 Å². The first-order valence-corrected chi connectivity index (χ1v) is 13.3. The van der Waals surface area contributed by atoms with Gasteiger partial charge >= 0.3 is 21.3 Å². The highest BCUT2D eigenvalue weighted by Gasteiger charge is 2.48. The standard InChI is InChI=1S/C16H26N2O16P2/c1-6-3-18(16(25)17-14(6)24)10-2-7(20)9(31-10)5-30-35(26,27)34-36(28,29)33-15-13(23)12(22)11(21)8(4-19)32-15/h3,7-13,15,19-23H,2,4-5H2,1H3,(H,26,27)(H,28,29)(H,17,24,25)/t7-,8+,9+,10+,11+,12-,13+,15?/m0/s1. The molecular formula is C16H26N2O16P2. The van der Waals surface area contributed by atoms with Crippen LogP contribution in [0.3, 0.4) is 0 Å². The van der Waals surface area contributed by atoms with Gasteiger partial charge in [-0.05, 0) is 6.92 Å². The lowest BCUT2D eigenvalue weighted by Gasteiger charge is -2.39. The second kappa shape index (κ2) is 11.2. The van der Waals surface area contributed by atoms with Gasteiger partial charge in [-0.15, -0.1) is 0 Å². The van der Waals surface area contributed by atoms with Crippen LogP contribution in [0.25, 0.3) is 0 Å². The summed E-state index contributed by atoms with van der Waals surface area (Å²) in [5.74, 6) is 0. The Labute approximate surface area is 201 Å². The Bertz CT molecular complexity index is 1140. The van der Waals surface area contributed by atoms with Gasteiger partial charge in [0.2, 0.25) is 0 Å². The summed E-state index contributed by atoms with van der Waals surface area (Å²) in [5.41, 5.74) is -1.27. The third-order valence-corrected chi connectivity index (χ3v) is 7.95. The molecule has 3 unspecified atom stereocenters. The van der Waals surface area contributed by atoms with Crippen LogP contribution in [0.4, 0.5) is 0 Å². The zero-order valence-corrected chi connectivity index (χ0v) is 20.3. The molecule has 0 bridgehead atoms. The zero-order valence-electron chi connectivity index (χ0n) is 18.5. The number of phosphoric acid groups is 2. The number of H-pyrrole nitrogens is 1. The Morgan fingerprint density at radius 2 is 1.72 bits per heavy atom. The Morgan fingerprint density at radius 1 is 1.06 bits per heavy atom. The van der Waals surface area contributed by atoms with Crippen LogP contribution in [0.5, 0.6) is 0 Å². The van der Waals surface area contributed by atoms with Gasteiger partial charge in [0.1, 0.15) is 36.7 Å². The number of aryl methyl sites for hydroxylation is 1. The SMILES string of the molecule is Cc1cn([C@H]2C[C@H](O)[C@@H](COP(=O)(O)OP(=O)(O)OC3O[C@H](CO)[C@@H](O)[C@H](O)[C@H]3O)O2)c(=O)[nH]c1=O. The number of rotatable bonds is 9. The molecule has 1 aromatic rings. The van der Waals surface area contributed by atoms with Gasteiger partial charge < -0.3 is 44.8 Å². The molecule has 18 nitrogen and oxygen atoms in total. The third-order valence-electron chi connectivity index (χ3n) is 5.35. The minimum atomic E-state index is -5.54. The lowest BCUT2D eigenvalue weighted by molar-refractivity contribution is -0.280. The summed E-state index contributed by atoms with van der Waals surface area (Å²) in [6, 6.07) is 0. The van der Waals surface area contributed by atoms with E-state index in [9.17, 15) is 48.9 Å². The van der Waals surface area contributed by atoms with Gasteiger partial charge in [0, 0.05) is 18.2 Å². The summed E-state index contributed by atoms with van der Waals surface area (Å²) >= 11 is 0. The van der Waals surface area contributed by atoms with E-state index in [0.29, 0.717) is 0 Å². The van der Waals surface area contributed by atoms with Crippen molar-refractivity contribution in [2.75, 3.05) is 13.2 Å². The predicted octanol–water partition coefficient (Wildman–Crippen LogP) is -3.46. The van der Waals surface area contributed by atoms with Crippen molar-refractivity contribution in [1.29, 1.82) is 0 Å². The van der Waals surface area contributed by atoms with Crippen molar-refractivity contribution in [3.63, 3.8) is 0 Å². The van der Waals surface area contributed by atoms with Gasteiger partial charge in [0.15, 0.2) is 6.29 Å². The topological polar surface area (TPSA) is 277 Å². The van der Waals surface area contributed by atoms with Crippen molar-refractivity contribution in [3.8, 4) is 0 Å². The fourth-order valence-corrected chi connectivity index (χ4v) is 5.62. The number of ether oxygens (including phenoxy) is 2. The maximum Gasteiger partial charge on any atom is 0.483 e. The number of hydrogen-bond donors (Lipinski definition) is 8. The number of aromatic nitrogens is 2. The molecule has 8 N–H and O–H groups in total. The Kier molecular flexibility index (Phi) is 9.08. The largest absolute Gasteiger partial charge is 0.483 e. The second-order valence-corrected chi connectivity index (χ2v) is 11.0. The summed E-state index contributed by atoms with van der Waals surface area (Å²) < 4.78 is 48.8. The molecule has 3 heterocycles. The molecule has 36 heavy (non-hydrogen) atoms. The van der Waals surface area contributed by atoms with Gasteiger partial charge in [0.05, 0.1) is 19.3 Å². The summed E-state index contributed by atoms with van der Waals surface area (Å²) in [6.45, 7) is -0.305. The summed E-state index contributed by atoms with van der Waals surface area (Å²) in [6.07, 6.45) is -12.2. The number of aliphatic hydroxyl groups is 5. The van der Waals surface area contributed by atoms with Gasteiger partial charge in [-0.1, -0.05) is 0 Å². The highest BCUT2D eigenvalue weighted by atomic mass is 31.3. The van der Waals surface area contributed by atoms with Crippen molar-refractivity contribution < 1.29 is 67.3 Å². The first-order chi connectivity index (χ1) is 16.6. The van der Waals surface area contributed by atoms with Crippen LogP contribution < -0.4 is 11.2 Å². The number of aromatic amines is 1. The molecule has 20 heteroatoms. The molecule has 0 aromatic carbocycles. The van der Waals surface area contributed by atoms with Crippen LogP contribution in [0.15, 0.2) is 15.8 Å². The second-order valence-electron chi connectivity index (χ2n) is 8.03. The Morgan fingerprint density at radius 3 is 2.36 bits per heavy atom.